The van der Waals surface area contributed by atoms with Gasteiger partial charge in [-0.15, -0.1) is 0 Å². The summed E-state index contributed by atoms with van der Waals surface area (Å²) >= 11 is 12.3. The number of carbonyl (C=O) groups is 1. The fourth-order valence-corrected chi connectivity index (χ4v) is 3.58. The zero-order chi connectivity index (χ0) is 21.7. The third kappa shape index (κ3) is 5.77. The monoisotopic (exact) mass is 447 g/mol. The number of rotatable bonds is 7. The first-order chi connectivity index (χ1) is 14.3. The summed E-state index contributed by atoms with van der Waals surface area (Å²) in [5.74, 6) is 0.0117. The molecule has 30 heavy (non-hydrogen) atoms. The highest BCUT2D eigenvalue weighted by Crippen LogP contribution is 2.29. The van der Waals surface area contributed by atoms with E-state index in [-0.39, 0.29) is 17.8 Å². The number of urea groups is 1. The Kier molecular flexibility index (Phi) is 7.40. The Bertz CT molecular complexity index is 1020. The van der Waals surface area contributed by atoms with E-state index in [1.807, 2.05) is 29.0 Å². The second-order valence-electron chi connectivity index (χ2n) is 7.56. The number of aromatic nitrogens is 1. The molecule has 1 aromatic heterocycles. The molecule has 0 aliphatic heterocycles. The van der Waals surface area contributed by atoms with Crippen LogP contribution in [0.2, 0.25) is 10.0 Å². The quantitative estimate of drug-likeness (QED) is 0.431. The summed E-state index contributed by atoms with van der Waals surface area (Å²) in [5, 5.41) is 3.55. The number of amides is 2. The van der Waals surface area contributed by atoms with Crippen LogP contribution >= 0.6 is 23.2 Å². The Morgan fingerprint density at radius 3 is 2.63 bits per heavy atom. The Morgan fingerprint density at radius 2 is 1.90 bits per heavy atom. The number of halogens is 3. The van der Waals surface area contributed by atoms with Gasteiger partial charge in [0.05, 0.1) is 22.3 Å². The minimum atomic E-state index is -0.264. The molecule has 0 saturated carbocycles. The largest absolute Gasteiger partial charge is 0.345 e. The van der Waals surface area contributed by atoms with E-state index in [1.54, 1.807) is 29.2 Å². The third-order valence-corrected chi connectivity index (χ3v) is 5.40. The lowest BCUT2D eigenvalue weighted by Gasteiger charge is -2.26. The average molecular weight is 448 g/mol. The van der Waals surface area contributed by atoms with Gasteiger partial charge < -0.3 is 14.8 Å². The molecule has 0 aliphatic rings. The van der Waals surface area contributed by atoms with E-state index in [9.17, 15) is 9.18 Å². The Morgan fingerprint density at radius 1 is 1.13 bits per heavy atom. The molecule has 0 saturated heterocycles. The number of hydrogen-bond donors (Lipinski definition) is 1. The van der Waals surface area contributed by atoms with Gasteiger partial charge in [0.15, 0.2) is 0 Å². The van der Waals surface area contributed by atoms with Crippen molar-refractivity contribution in [3.8, 4) is 0 Å². The fourth-order valence-electron chi connectivity index (χ4n) is 3.23. The molecule has 0 fully saturated rings. The summed E-state index contributed by atoms with van der Waals surface area (Å²) in [4.78, 5) is 14.7. The smallest absolute Gasteiger partial charge is 0.322 e. The van der Waals surface area contributed by atoms with Gasteiger partial charge in [0.25, 0.3) is 0 Å². The number of hydrogen-bond acceptors (Lipinski definition) is 1. The van der Waals surface area contributed by atoms with E-state index < -0.39 is 0 Å². The molecule has 2 aromatic carbocycles. The molecule has 0 radical (unpaired) electrons. The van der Waals surface area contributed by atoms with Crippen molar-refractivity contribution >= 4 is 34.9 Å². The molecule has 2 amide bonds. The standard InChI is InChI=1S/C23H24Cl2FN3O/c1-16(2)13-29(23(30)27-21-10-4-9-20(24)22(21)25)15-19-8-5-11-28(19)14-17-6-3-7-18(26)12-17/h3-12,16H,13-15H2,1-2H3,(H,27,30). The highest BCUT2D eigenvalue weighted by Gasteiger charge is 2.19. The van der Waals surface area contributed by atoms with Gasteiger partial charge in [-0.05, 0) is 47.9 Å². The molecule has 0 atom stereocenters. The molecule has 1 heterocycles. The summed E-state index contributed by atoms with van der Waals surface area (Å²) in [6.07, 6.45) is 1.93. The predicted molar refractivity (Wildman–Crippen MR) is 121 cm³/mol. The maximum atomic E-state index is 13.5. The Balaban J connectivity index is 1.78. The van der Waals surface area contributed by atoms with Crippen molar-refractivity contribution in [3.05, 3.63) is 87.9 Å². The number of carbonyl (C=O) groups excluding carboxylic acids is 1. The van der Waals surface area contributed by atoms with Crippen molar-refractivity contribution in [2.75, 3.05) is 11.9 Å². The molecule has 4 nitrogen and oxygen atoms in total. The molecule has 3 rings (SSSR count). The van der Waals surface area contributed by atoms with Crippen LogP contribution in [0, 0.1) is 11.7 Å². The van der Waals surface area contributed by atoms with Crippen LogP contribution in [-0.2, 0) is 13.1 Å². The van der Waals surface area contributed by atoms with Crippen LogP contribution in [0.15, 0.2) is 60.8 Å². The lowest BCUT2D eigenvalue weighted by Crippen LogP contribution is -2.37. The summed E-state index contributed by atoms with van der Waals surface area (Å²) in [6, 6.07) is 15.3. The van der Waals surface area contributed by atoms with Gasteiger partial charge in [-0.3, -0.25) is 0 Å². The zero-order valence-corrected chi connectivity index (χ0v) is 18.4. The molecule has 1 N–H and O–H groups in total. The van der Waals surface area contributed by atoms with Crippen LogP contribution < -0.4 is 5.32 Å². The van der Waals surface area contributed by atoms with E-state index in [2.05, 4.69) is 19.2 Å². The summed E-state index contributed by atoms with van der Waals surface area (Å²) < 4.78 is 15.5. The van der Waals surface area contributed by atoms with Gasteiger partial charge in [0.1, 0.15) is 5.82 Å². The number of anilines is 1. The van der Waals surface area contributed by atoms with E-state index in [0.717, 1.165) is 11.3 Å². The van der Waals surface area contributed by atoms with Crippen LogP contribution in [0.25, 0.3) is 0 Å². The van der Waals surface area contributed by atoms with Gasteiger partial charge >= 0.3 is 6.03 Å². The van der Waals surface area contributed by atoms with E-state index in [1.165, 1.54) is 12.1 Å². The van der Waals surface area contributed by atoms with Crippen molar-refractivity contribution in [1.29, 1.82) is 0 Å². The first-order valence-corrected chi connectivity index (χ1v) is 10.5. The van der Waals surface area contributed by atoms with Gasteiger partial charge in [0, 0.05) is 25.0 Å². The molecule has 0 bridgehead atoms. The summed E-state index contributed by atoms with van der Waals surface area (Å²) in [6.45, 7) is 5.61. The number of benzene rings is 2. The molecule has 7 heteroatoms. The molecular weight excluding hydrogens is 424 g/mol. The Hall–Kier alpha value is -2.50. The molecular formula is C23H24Cl2FN3O. The lowest BCUT2D eigenvalue weighted by atomic mass is 10.2. The van der Waals surface area contributed by atoms with Crippen LogP contribution in [0.4, 0.5) is 14.9 Å². The first-order valence-electron chi connectivity index (χ1n) is 9.72. The topological polar surface area (TPSA) is 37.3 Å². The van der Waals surface area contributed by atoms with E-state index in [4.69, 9.17) is 23.2 Å². The van der Waals surface area contributed by atoms with Gasteiger partial charge in [0.2, 0.25) is 0 Å². The highest BCUT2D eigenvalue weighted by molar-refractivity contribution is 6.43. The normalized spacial score (nSPS) is 11.0. The number of nitrogens with one attached hydrogen (secondary N) is 1. The Labute approximate surface area is 186 Å². The van der Waals surface area contributed by atoms with Crippen molar-refractivity contribution < 1.29 is 9.18 Å². The second-order valence-corrected chi connectivity index (χ2v) is 8.35. The minimum absolute atomic E-state index is 0.258. The van der Waals surface area contributed by atoms with Crippen LogP contribution in [0.1, 0.15) is 25.1 Å². The maximum absolute atomic E-state index is 13.5. The van der Waals surface area contributed by atoms with Crippen molar-refractivity contribution in [3.63, 3.8) is 0 Å². The average Bonchev–Trinajstić information content (AvgIpc) is 3.11. The molecule has 0 unspecified atom stereocenters. The van der Waals surface area contributed by atoms with Gasteiger partial charge in [-0.2, -0.15) is 0 Å². The molecule has 3 aromatic rings. The molecule has 0 aliphatic carbocycles. The SMILES string of the molecule is CC(C)CN(Cc1cccn1Cc1cccc(F)c1)C(=O)Nc1cccc(Cl)c1Cl. The van der Waals surface area contributed by atoms with Crippen molar-refractivity contribution in [2.45, 2.75) is 26.9 Å². The molecule has 158 valence electrons. The second kappa shape index (κ2) is 10.0. The first kappa shape index (κ1) is 22.2. The van der Waals surface area contributed by atoms with Crippen LogP contribution in [-0.4, -0.2) is 22.0 Å². The summed E-state index contributed by atoms with van der Waals surface area (Å²) in [7, 11) is 0. The molecule has 0 spiro atoms. The van der Waals surface area contributed by atoms with E-state index >= 15 is 0 Å². The lowest BCUT2D eigenvalue weighted by molar-refractivity contribution is 0.200. The summed E-state index contributed by atoms with van der Waals surface area (Å²) in [5.41, 5.74) is 2.28. The van der Waals surface area contributed by atoms with Gasteiger partial charge in [-0.1, -0.05) is 55.2 Å². The predicted octanol–water partition coefficient (Wildman–Crippen LogP) is 6.67. The van der Waals surface area contributed by atoms with Crippen molar-refractivity contribution in [2.24, 2.45) is 5.92 Å². The number of nitrogens with zero attached hydrogens (tertiary/aromatic N) is 2. The van der Waals surface area contributed by atoms with Gasteiger partial charge in [-0.25, -0.2) is 9.18 Å². The van der Waals surface area contributed by atoms with Crippen LogP contribution in [0.3, 0.4) is 0 Å². The fraction of sp³-hybridized carbons (Fsp3) is 0.261. The highest BCUT2D eigenvalue weighted by atomic mass is 35.5. The zero-order valence-electron chi connectivity index (χ0n) is 16.9. The minimum Gasteiger partial charge on any atom is -0.345 e. The van der Waals surface area contributed by atoms with Crippen LogP contribution in [0.5, 0.6) is 0 Å². The van der Waals surface area contributed by atoms with E-state index in [0.29, 0.717) is 35.4 Å². The maximum Gasteiger partial charge on any atom is 0.322 e. The van der Waals surface area contributed by atoms with Crippen molar-refractivity contribution in [1.82, 2.24) is 9.47 Å². The third-order valence-electron chi connectivity index (χ3n) is 4.58.